The lowest BCUT2D eigenvalue weighted by Crippen LogP contribution is -2.39. The molecular weight excluding hydrogens is 166 g/mol. The van der Waals surface area contributed by atoms with Crippen molar-refractivity contribution in [1.82, 2.24) is 4.90 Å². The van der Waals surface area contributed by atoms with Gasteiger partial charge in [0.1, 0.15) is 0 Å². The van der Waals surface area contributed by atoms with Gasteiger partial charge in [0.2, 0.25) is 0 Å². The molecule has 2 heteroatoms. The van der Waals surface area contributed by atoms with Gasteiger partial charge in [0.25, 0.3) is 0 Å². The number of likely N-dealkylation sites (N-methyl/N-ethyl adjacent to an activating group) is 1. The quantitative estimate of drug-likeness (QED) is 0.594. The largest absolute Gasteiger partial charge is 0.301 e. The van der Waals surface area contributed by atoms with Crippen LogP contribution in [0.15, 0.2) is 10.8 Å². The van der Waals surface area contributed by atoms with Gasteiger partial charge in [-0.3, -0.25) is 0 Å². The molecule has 66 valence electrons. The van der Waals surface area contributed by atoms with E-state index in [4.69, 9.17) is 0 Å². The van der Waals surface area contributed by atoms with Crippen LogP contribution in [0.2, 0.25) is 0 Å². The summed E-state index contributed by atoms with van der Waals surface area (Å²) in [5.41, 5.74) is 3.44. The second-order valence-electron chi connectivity index (χ2n) is 4.37. The van der Waals surface area contributed by atoms with Crippen LogP contribution in [0.25, 0.3) is 0 Å². The van der Waals surface area contributed by atoms with Crippen molar-refractivity contribution in [2.24, 2.45) is 0 Å². The van der Waals surface area contributed by atoms with E-state index in [1.807, 2.05) is 11.3 Å². The topological polar surface area (TPSA) is 3.24 Å². The van der Waals surface area contributed by atoms with E-state index >= 15 is 0 Å². The van der Waals surface area contributed by atoms with Crippen LogP contribution in [0.3, 0.4) is 0 Å². The lowest BCUT2D eigenvalue weighted by atomic mass is 9.81. The second-order valence-corrected chi connectivity index (χ2v) is 5.11. The number of hydrogen-bond donors (Lipinski definition) is 0. The van der Waals surface area contributed by atoms with Crippen LogP contribution in [0.4, 0.5) is 0 Å². The molecular formula is C10H15NS. The maximum Gasteiger partial charge on any atom is 0.0242 e. The normalized spacial score (nSPS) is 22.2. The molecule has 0 spiro atoms. The summed E-state index contributed by atoms with van der Waals surface area (Å²) in [5.74, 6) is 0. The molecule has 0 atom stereocenters. The first-order valence-corrected chi connectivity index (χ1v) is 5.28. The maximum atomic E-state index is 2.40. The molecule has 0 fully saturated rings. The first-order chi connectivity index (χ1) is 5.59. The van der Waals surface area contributed by atoms with Crippen molar-refractivity contribution >= 4 is 11.3 Å². The number of nitrogens with zero attached hydrogens (tertiary/aromatic N) is 1. The van der Waals surface area contributed by atoms with E-state index in [0.717, 1.165) is 6.54 Å². The van der Waals surface area contributed by atoms with Crippen molar-refractivity contribution in [2.75, 3.05) is 13.6 Å². The highest BCUT2D eigenvalue weighted by molar-refractivity contribution is 7.08. The third kappa shape index (κ3) is 1.19. The summed E-state index contributed by atoms with van der Waals surface area (Å²) in [6.07, 6.45) is 0. The summed E-state index contributed by atoms with van der Waals surface area (Å²) in [5, 5.41) is 4.59. The molecule has 0 saturated heterocycles. The Labute approximate surface area is 78.0 Å². The fourth-order valence-corrected chi connectivity index (χ4v) is 3.19. The zero-order valence-corrected chi connectivity index (χ0v) is 8.74. The van der Waals surface area contributed by atoms with Crippen LogP contribution in [0.5, 0.6) is 0 Å². The van der Waals surface area contributed by atoms with Crippen molar-refractivity contribution in [3.8, 4) is 0 Å². The zero-order valence-electron chi connectivity index (χ0n) is 7.92. The van der Waals surface area contributed by atoms with E-state index in [1.165, 1.54) is 12.1 Å². The molecule has 0 amide bonds. The predicted molar refractivity (Wildman–Crippen MR) is 53.7 cm³/mol. The fraction of sp³-hybridized carbons (Fsp3) is 0.600. The van der Waals surface area contributed by atoms with Gasteiger partial charge in [-0.1, -0.05) is 13.8 Å². The molecule has 0 saturated carbocycles. The minimum Gasteiger partial charge on any atom is -0.301 e. The first-order valence-electron chi connectivity index (χ1n) is 4.34. The molecule has 1 aliphatic heterocycles. The smallest absolute Gasteiger partial charge is 0.0242 e. The molecule has 0 bridgehead atoms. The Kier molecular flexibility index (Phi) is 1.77. The third-order valence-corrected chi connectivity index (χ3v) is 3.37. The predicted octanol–water partition coefficient (Wildman–Crippen LogP) is 2.47. The van der Waals surface area contributed by atoms with Crippen molar-refractivity contribution in [3.63, 3.8) is 0 Å². The highest BCUT2D eigenvalue weighted by Gasteiger charge is 2.30. The van der Waals surface area contributed by atoms with Gasteiger partial charge in [0.05, 0.1) is 0 Å². The Balaban J connectivity index is 2.45. The second kappa shape index (κ2) is 2.57. The van der Waals surface area contributed by atoms with Crippen LogP contribution in [-0.2, 0) is 12.0 Å². The summed E-state index contributed by atoms with van der Waals surface area (Å²) in [6.45, 7) is 6.96. The molecule has 0 radical (unpaired) electrons. The Hall–Kier alpha value is -0.340. The monoisotopic (exact) mass is 181 g/mol. The number of rotatable bonds is 0. The van der Waals surface area contributed by atoms with Crippen LogP contribution in [0, 0.1) is 0 Å². The van der Waals surface area contributed by atoms with Gasteiger partial charge in [0, 0.05) is 18.5 Å². The standard InChI is InChI=1S/C10H15NS/c1-10(2)7-11(3)4-8-5-12-6-9(8)10/h5-6H,4,7H2,1-3H3. The highest BCUT2D eigenvalue weighted by atomic mass is 32.1. The van der Waals surface area contributed by atoms with Gasteiger partial charge in [-0.15, -0.1) is 0 Å². The lowest BCUT2D eigenvalue weighted by molar-refractivity contribution is 0.237. The molecule has 0 aromatic carbocycles. The summed E-state index contributed by atoms with van der Waals surface area (Å²) in [7, 11) is 2.20. The van der Waals surface area contributed by atoms with E-state index in [9.17, 15) is 0 Å². The van der Waals surface area contributed by atoms with Crippen LogP contribution < -0.4 is 0 Å². The Morgan fingerprint density at radius 2 is 2.17 bits per heavy atom. The molecule has 1 aliphatic rings. The van der Waals surface area contributed by atoms with Crippen LogP contribution in [-0.4, -0.2) is 18.5 Å². The summed E-state index contributed by atoms with van der Waals surface area (Å²) < 4.78 is 0. The van der Waals surface area contributed by atoms with E-state index in [1.54, 1.807) is 5.56 Å². The fourth-order valence-electron chi connectivity index (χ4n) is 2.15. The average molecular weight is 181 g/mol. The molecule has 0 aliphatic carbocycles. The number of fused-ring (bicyclic) bond motifs is 1. The Bertz CT molecular complexity index is 288. The van der Waals surface area contributed by atoms with Crippen LogP contribution in [0.1, 0.15) is 25.0 Å². The number of thiophene rings is 1. The van der Waals surface area contributed by atoms with Gasteiger partial charge in [-0.2, -0.15) is 11.3 Å². The van der Waals surface area contributed by atoms with Crippen molar-refractivity contribution in [3.05, 3.63) is 21.9 Å². The minimum absolute atomic E-state index is 0.350. The van der Waals surface area contributed by atoms with Crippen molar-refractivity contribution in [2.45, 2.75) is 25.8 Å². The van der Waals surface area contributed by atoms with E-state index < -0.39 is 0 Å². The van der Waals surface area contributed by atoms with Crippen molar-refractivity contribution < 1.29 is 0 Å². The summed E-state index contributed by atoms with van der Waals surface area (Å²) in [4.78, 5) is 2.40. The number of hydrogen-bond acceptors (Lipinski definition) is 2. The van der Waals surface area contributed by atoms with Gasteiger partial charge in [-0.05, 0) is 28.9 Å². The zero-order chi connectivity index (χ0) is 8.77. The summed E-state index contributed by atoms with van der Waals surface area (Å²) >= 11 is 1.83. The molecule has 2 rings (SSSR count). The molecule has 1 aromatic rings. The molecule has 0 unspecified atom stereocenters. The van der Waals surface area contributed by atoms with Crippen LogP contribution >= 0.6 is 11.3 Å². The molecule has 12 heavy (non-hydrogen) atoms. The van der Waals surface area contributed by atoms with Gasteiger partial charge in [0.15, 0.2) is 0 Å². The van der Waals surface area contributed by atoms with Gasteiger partial charge in [-0.25, -0.2) is 0 Å². The van der Waals surface area contributed by atoms with E-state index in [2.05, 4.69) is 36.6 Å². The maximum absolute atomic E-state index is 2.40. The van der Waals surface area contributed by atoms with Gasteiger partial charge < -0.3 is 4.90 Å². The first kappa shape index (κ1) is 8.27. The Morgan fingerprint density at radius 3 is 2.92 bits per heavy atom. The third-order valence-electron chi connectivity index (χ3n) is 2.58. The molecule has 2 heterocycles. The Morgan fingerprint density at radius 1 is 1.42 bits per heavy atom. The minimum atomic E-state index is 0.350. The lowest BCUT2D eigenvalue weighted by Gasteiger charge is -2.36. The van der Waals surface area contributed by atoms with E-state index in [-0.39, 0.29) is 0 Å². The molecule has 0 N–H and O–H groups in total. The average Bonchev–Trinajstić information content (AvgIpc) is 2.32. The molecule has 1 nitrogen and oxygen atoms in total. The molecule has 1 aromatic heterocycles. The van der Waals surface area contributed by atoms with Gasteiger partial charge >= 0.3 is 0 Å². The SMILES string of the molecule is CN1Cc2cscc2C(C)(C)C1. The highest BCUT2D eigenvalue weighted by Crippen LogP contribution is 2.34. The van der Waals surface area contributed by atoms with Crippen molar-refractivity contribution in [1.29, 1.82) is 0 Å². The summed E-state index contributed by atoms with van der Waals surface area (Å²) in [6, 6.07) is 0. The van der Waals surface area contributed by atoms with E-state index in [0.29, 0.717) is 5.41 Å².